The van der Waals surface area contributed by atoms with Crippen molar-refractivity contribution in [1.82, 2.24) is 4.90 Å². The molecule has 1 fully saturated rings. The minimum Gasteiger partial charge on any atom is -0.496 e. The molecule has 0 atom stereocenters. The fourth-order valence-corrected chi connectivity index (χ4v) is 2.12. The van der Waals surface area contributed by atoms with Crippen LogP contribution in [-0.2, 0) is 6.54 Å². The van der Waals surface area contributed by atoms with Gasteiger partial charge in [0.25, 0.3) is 0 Å². The molecule has 1 aromatic carbocycles. The lowest BCUT2D eigenvalue weighted by Gasteiger charge is -2.22. The second kappa shape index (κ2) is 6.03. The standard InChI is InChI=1S/C14H21NO2/c1-17-14-5-3-2-4-13(14)11-15(8-9-16)10-12-6-7-12/h2-5,12,16H,6-11H2,1H3. The van der Waals surface area contributed by atoms with Crippen LogP contribution in [0.4, 0.5) is 0 Å². The molecule has 0 aromatic heterocycles. The Kier molecular flexibility index (Phi) is 4.40. The highest BCUT2D eigenvalue weighted by Gasteiger charge is 2.24. The second-order valence-corrected chi connectivity index (χ2v) is 4.71. The van der Waals surface area contributed by atoms with Gasteiger partial charge in [-0.3, -0.25) is 4.90 Å². The van der Waals surface area contributed by atoms with Crippen LogP contribution in [-0.4, -0.2) is 36.8 Å². The number of methoxy groups -OCH3 is 1. The van der Waals surface area contributed by atoms with Crippen LogP contribution in [0.25, 0.3) is 0 Å². The van der Waals surface area contributed by atoms with Crippen LogP contribution in [0.1, 0.15) is 18.4 Å². The lowest BCUT2D eigenvalue weighted by atomic mass is 10.2. The molecular formula is C14H21NO2. The zero-order chi connectivity index (χ0) is 12.1. The average molecular weight is 235 g/mol. The van der Waals surface area contributed by atoms with Crippen LogP contribution < -0.4 is 4.74 Å². The molecule has 0 radical (unpaired) electrons. The minimum absolute atomic E-state index is 0.224. The number of benzene rings is 1. The van der Waals surface area contributed by atoms with Gasteiger partial charge in [0.2, 0.25) is 0 Å². The van der Waals surface area contributed by atoms with Crippen molar-refractivity contribution in [1.29, 1.82) is 0 Å². The highest BCUT2D eigenvalue weighted by molar-refractivity contribution is 5.33. The number of aliphatic hydroxyl groups excluding tert-OH is 1. The number of rotatable bonds is 7. The molecule has 2 rings (SSSR count). The lowest BCUT2D eigenvalue weighted by Crippen LogP contribution is -2.28. The van der Waals surface area contributed by atoms with Crippen LogP contribution >= 0.6 is 0 Å². The summed E-state index contributed by atoms with van der Waals surface area (Å²) in [4.78, 5) is 2.32. The molecular weight excluding hydrogens is 214 g/mol. The van der Waals surface area contributed by atoms with Gasteiger partial charge in [-0.15, -0.1) is 0 Å². The van der Waals surface area contributed by atoms with Crippen LogP contribution in [0.5, 0.6) is 5.75 Å². The Hall–Kier alpha value is -1.06. The van der Waals surface area contributed by atoms with E-state index in [1.807, 2.05) is 18.2 Å². The molecule has 0 spiro atoms. The summed E-state index contributed by atoms with van der Waals surface area (Å²) in [6, 6.07) is 8.10. The van der Waals surface area contributed by atoms with Gasteiger partial charge >= 0.3 is 0 Å². The van der Waals surface area contributed by atoms with E-state index < -0.39 is 0 Å². The van der Waals surface area contributed by atoms with Gasteiger partial charge in [0.05, 0.1) is 13.7 Å². The molecule has 1 aromatic rings. The summed E-state index contributed by atoms with van der Waals surface area (Å²) in [5.74, 6) is 1.78. The highest BCUT2D eigenvalue weighted by Crippen LogP contribution is 2.30. The van der Waals surface area contributed by atoms with Crippen molar-refractivity contribution in [3.8, 4) is 5.75 Å². The maximum absolute atomic E-state index is 9.10. The molecule has 0 amide bonds. The van der Waals surface area contributed by atoms with Crippen molar-refractivity contribution in [3.63, 3.8) is 0 Å². The third-order valence-electron chi connectivity index (χ3n) is 3.22. The SMILES string of the molecule is COc1ccccc1CN(CCO)CC1CC1. The predicted octanol–water partition coefficient (Wildman–Crippen LogP) is 1.90. The molecule has 0 heterocycles. The van der Waals surface area contributed by atoms with E-state index in [-0.39, 0.29) is 6.61 Å². The summed E-state index contributed by atoms with van der Waals surface area (Å²) in [7, 11) is 1.70. The van der Waals surface area contributed by atoms with Gasteiger partial charge < -0.3 is 9.84 Å². The summed E-state index contributed by atoms with van der Waals surface area (Å²) in [5, 5.41) is 9.10. The Morgan fingerprint density at radius 1 is 1.35 bits per heavy atom. The average Bonchev–Trinajstić information content (AvgIpc) is 3.14. The zero-order valence-corrected chi connectivity index (χ0v) is 10.4. The van der Waals surface area contributed by atoms with Crippen molar-refractivity contribution in [3.05, 3.63) is 29.8 Å². The maximum atomic E-state index is 9.10. The summed E-state index contributed by atoms with van der Waals surface area (Å²) < 4.78 is 5.36. The third-order valence-corrected chi connectivity index (χ3v) is 3.22. The van der Waals surface area contributed by atoms with Gasteiger partial charge in [-0.25, -0.2) is 0 Å². The van der Waals surface area contributed by atoms with Crippen LogP contribution in [0, 0.1) is 5.92 Å². The van der Waals surface area contributed by atoms with Crippen molar-refractivity contribution in [2.75, 3.05) is 26.8 Å². The van der Waals surface area contributed by atoms with Crippen molar-refractivity contribution < 1.29 is 9.84 Å². The van der Waals surface area contributed by atoms with Gasteiger partial charge in [0.15, 0.2) is 0 Å². The molecule has 1 aliphatic rings. The van der Waals surface area contributed by atoms with Gasteiger partial charge in [-0.2, -0.15) is 0 Å². The van der Waals surface area contributed by atoms with Gasteiger partial charge in [-0.05, 0) is 24.8 Å². The molecule has 17 heavy (non-hydrogen) atoms. The van der Waals surface area contributed by atoms with Crippen LogP contribution in [0.3, 0.4) is 0 Å². The number of aliphatic hydroxyl groups is 1. The van der Waals surface area contributed by atoms with E-state index in [9.17, 15) is 0 Å². The largest absolute Gasteiger partial charge is 0.496 e. The van der Waals surface area contributed by atoms with Gasteiger partial charge in [0.1, 0.15) is 5.75 Å². The van der Waals surface area contributed by atoms with E-state index in [1.165, 1.54) is 18.4 Å². The Labute approximate surface area is 103 Å². The van der Waals surface area contributed by atoms with E-state index in [0.29, 0.717) is 0 Å². The Bertz CT molecular complexity index is 350. The molecule has 0 bridgehead atoms. The van der Waals surface area contributed by atoms with Crippen molar-refractivity contribution >= 4 is 0 Å². The normalized spacial score (nSPS) is 15.2. The minimum atomic E-state index is 0.224. The molecule has 1 aliphatic carbocycles. The first-order valence-electron chi connectivity index (χ1n) is 6.28. The monoisotopic (exact) mass is 235 g/mol. The highest BCUT2D eigenvalue weighted by atomic mass is 16.5. The number of hydrogen-bond acceptors (Lipinski definition) is 3. The first-order valence-corrected chi connectivity index (χ1v) is 6.28. The summed E-state index contributed by atoms with van der Waals surface area (Å²) >= 11 is 0. The van der Waals surface area contributed by atoms with Gasteiger partial charge in [0, 0.05) is 25.2 Å². The van der Waals surface area contributed by atoms with Gasteiger partial charge in [-0.1, -0.05) is 18.2 Å². The summed E-state index contributed by atoms with van der Waals surface area (Å²) in [6.07, 6.45) is 2.68. The molecule has 0 aliphatic heterocycles. The molecule has 1 saturated carbocycles. The molecule has 0 unspecified atom stereocenters. The zero-order valence-electron chi connectivity index (χ0n) is 10.4. The van der Waals surface area contributed by atoms with Crippen LogP contribution in [0.2, 0.25) is 0 Å². The van der Waals surface area contributed by atoms with E-state index in [0.717, 1.165) is 31.3 Å². The number of ether oxygens (including phenoxy) is 1. The molecule has 0 saturated heterocycles. The maximum Gasteiger partial charge on any atom is 0.123 e. The van der Waals surface area contributed by atoms with Crippen molar-refractivity contribution in [2.45, 2.75) is 19.4 Å². The van der Waals surface area contributed by atoms with Crippen molar-refractivity contribution in [2.24, 2.45) is 5.92 Å². The fraction of sp³-hybridized carbons (Fsp3) is 0.571. The molecule has 3 heteroatoms. The quantitative estimate of drug-likeness (QED) is 0.783. The van der Waals surface area contributed by atoms with Crippen LogP contribution in [0.15, 0.2) is 24.3 Å². The predicted molar refractivity (Wildman–Crippen MR) is 68.1 cm³/mol. The molecule has 94 valence electrons. The van der Waals surface area contributed by atoms with E-state index in [4.69, 9.17) is 9.84 Å². The summed E-state index contributed by atoms with van der Waals surface area (Å²) in [5.41, 5.74) is 1.20. The lowest BCUT2D eigenvalue weighted by molar-refractivity contribution is 0.183. The van der Waals surface area contributed by atoms with E-state index in [1.54, 1.807) is 7.11 Å². The Morgan fingerprint density at radius 2 is 2.12 bits per heavy atom. The number of nitrogens with zero attached hydrogens (tertiary/aromatic N) is 1. The summed E-state index contributed by atoms with van der Waals surface area (Å²) in [6.45, 7) is 2.93. The van der Waals surface area contributed by atoms with E-state index in [2.05, 4.69) is 11.0 Å². The Morgan fingerprint density at radius 3 is 2.76 bits per heavy atom. The number of hydrogen-bond donors (Lipinski definition) is 1. The molecule has 1 N–H and O–H groups in total. The number of para-hydroxylation sites is 1. The first-order chi connectivity index (χ1) is 8.33. The second-order valence-electron chi connectivity index (χ2n) is 4.71. The molecule has 3 nitrogen and oxygen atoms in total. The Balaban J connectivity index is 1.99. The topological polar surface area (TPSA) is 32.7 Å². The fourth-order valence-electron chi connectivity index (χ4n) is 2.12. The first kappa shape index (κ1) is 12.4. The smallest absolute Gasteiger partial charge is 0.123 e. The van der Waals surface area contributed by atoms with E-state index >= 15 is 0 Å². The third kappa shape index (κ3) is 3.72.